The SMILES string of the molecule is CCN(CC)CCCC(C)NCC(=O)O[C@H]1[C@H](OC(C)=O)C[C@@]23COC[C@]1(C)[C@@H]2CC[C@H]1C3=CC[C@@]2(C)[C@H](C(=O)O)[C@@](C)([C@H](C)C(C)C)CC[C@]12C. The molecule has 4 aliphatic carbocycles. The van der Waals surface area contributed by atoms with Crippen LogP contribution in [0.2, 0.25) is 0 Å². The summed E-state index contributed by atoms with van der Waals surface area (Å²) in [6, 6.07) is 0.174. The number of allylic oxidation sites excluding steroid dienone is 1. The smallest absolute Gasteiger partial charge is 0.320 e. The second kappa shape index (κ2) is 15.3. The molecule has 0 aromatic rings. The fourth-order valence-corrected chi connectivity index (χ4v) is 12.8. The fourth-order valence-electron chi connectivity index (χ4n) is 12.8. The van der Waals surface area contributed by atoms with Gasteiger partial charge in [0.05, 0.1) is 25.7 Å². The zero-order valence-electron chi connectivity index (χ0n) is 34.4. The molecule has 0 aromatic heterocycles. The number of carboxylic acids is 1. The first-order chi connectivity index (χ1) is 24.3. The molecule has 9 nitrogen and oxygen atoms in total. The maximum absolute atomic E-state index is 13.5. The molecule has 3 saturated carbocycles. The number of esters is 2. The third-order valence-electron chi connectivity index (χ3n) is 16.2. The standard InChI is InChI=1S/C43H72N2O7/c1-12-45(13-2)22-14-15-28(5)44-24-35(47)52-37-33(51-30(7)46)23-43-26-50-25-40(37,9)34(43)17-16-31-32(43)18-19-42(11)36(38(48)49)39(8,29(6)27(3)4)20-21-41(31,42)10/h18,27-29,31,33-34,36-37,44H,12-17,19-26H2,1-11H3,(H,48,49)/t28?,29-,31+,33-,34+,36-,37+,39-,40-,41-,42+,43+/m1/s1. The number of carboxylic acid groups (broad SMARTS) is 1. The summed E-state index contributed by atoms with van der Waals surface area (Å²) in [6.45, 7) is 27.9. The molecule has 1 aliphatic heterocycles. The average Bonchev–Trinajstić information content (AvgIpc) is 3.07. The van der Waals surface area contributed by atoms with E-state index in [-0.39, 0.29) is 58.5 Å². The van der Waals surface area contributed by atoms with Crippen LogP contribution in [0.5, 0.6) is 0 Å². The third kappa shape index (κ3) is 6.80. The summed E-state index contributed by atoms with van der Waals surface area (Å²) in [5.41, 5.74) is -0.466. The summed E-state index contributed by atoms with van der Waals surface area (Å²) < 4.78 is 19.1. The van der Waals surface area contributed by atoms with Gasteiger partial charge < -0.3 is 29.5 Å². The predicted octanol–water partition coefficient (Wildman–Crippen LogP) is 7.52. The van der Waals surface area contributed by atoms with Gasteiger partial charge >= 0.3 is 17.9 Å². The summed E-state index contributed by atoms with van der Waals surface area (Å²) in [5, 5.41) is 14.4. The van der Waals surface area contributed by atoms with Gasteiger partial charge in [0.2, 0.25) is 0 Å². The van der Waals surface area contributed by atoms with Gasteiger partial charge in [-0.05, 0) is 118 Å². The van der Waals surface area contributed by atoms with Gasteiger partial charge in [-0.25, -0.2) is 0 Å². The van der Waals surface area contributed by atoms with Crippen LogP contribution >= 0.6 is 0 Å². The molecule has 4 fully saturated rings. The molecule has 296 valence electrons. The Hall–Kier alpha value is -1.97. The Kier molecular flexibility index (Phi) is 12.1. The van der Waals surface area contributed by atoms with E-state index in [0.29, 0.717) is 32.0 Å². The Labute approximate surface area is 314 Å². The van der Waals surface area contributed by atoms with E-state index in [2.05, 4.69) is 85.5 Å². The highest BCUT2D eigenvalue weighted by Gasteiger charge is 2.72. The van der Waals surface area contributed by atoms with Crippen molar-refractivity contribution in [3.05, 3.63) is 11.6 Å². The minimum Gasteiger partial charge on any atom is -0.481 e. The monoisotopic (exact) mass is 729 g/mol. The van der Waals surface area contributed by atoms with Crippen molar-refractivity contribution in [2.45, 2.75) is 146 Å². The Bertz CT molecular complexity index is 1360. The number of fused-ring (bicyclic) bond motifs is 3. The van der Waals surface area contributed by atoms with Gasteiger partial charge in [0, 0.05) is 23.8 Å². The minimum atomic E-state index is -0.665. The summed E-state index contributed by atoms with van der Waals surface area (Å²) in [4.78, 5) is 42.0. The molecule has 5 aliphatic rings. The first-order valence-electron chi connectivity index (χ1n) is 20.7. The lowest BCUT2D eigenvalue weighted by atomic mass is 9.34. The van der Waals surface area contributed by atoms with E-state index in [9.17, 15) is 19.5 Å². The topological polar surface area (TPSA) is 114 Å². The molecule has 2 bridgehead atoms. The highest BCUT2D eigenvalue weighted by Crippen LogP contribution is 2.75. The fraction of sp³-hybridized carbons (Fsp3) is 0.884. The Balaban J connectivity index is 1.41. The van der Waals surface area contributed by atoms with Crippen molar-refractivity contribution >= 4 is 17.9 Å². The van der Waals surface area contributed by atoms with Crippen molar-refractivity contribution in [1.29, 1.82) is 0 Å². The highest BCUT2D eigenvalue weighted by atomic mass is 16.6. The maximum atomic E-state index is 13.5. The zero-order chi connectivity index (χ0) is 38.4. The molecule has 1 saturated heterocycles. The number of rotatable bonds is 14. The van der Waals surface area contributed by atoms with Crippen LogP contribution in [0.4, 0.5) is 0 Å². The highest BCUT2D eigenvalue weighted by molar-refractivity contribution is 5.73. The minimum absolute atomic E-state index is 0.103. The van der Waals surface area contributed by atoms with E-state index in [0.717, 1.165) is 58.2 Å². The Morgan fingerprint density at radius 3 is 2.31 bits per heavy atom. The van der Waals surface area contributed by atoms with E-state index in [1.807, 2.05) is 0 Å². The average molecular weight is 729 g/mol. The van der Waals surface area contributed by atoms with E-state index in [4.69, 9.17) is 14.2 Å². The van der Waals surface area contributed by atoms with Crippen LogP contribution in [0.3, 0.4) is 0 Å². The van der Waals surface area contributed by atoms with Gasteiger partial charge in [0.1, 0.15) is 12.2 Å². The van der Waals surface area contributed by atoms with Crippen LogP contribution in [-0.4, -0.2) is 85.6 Å². The van der Waals surface area contributed by atoms with Gasteiger partial charge in [-0.2, -0.15) is 0 Å². The summed E-state index contributed by atoms with van der Waals surface area (Å²) >= 11 is 0. The molecule has 12 atom stereocenters. The van der Waals surface area contributed by atoms with Gasteiger partial charge in [-0.1, -0.05) is 74.0 Å². The number of carbonyl (C=O) groups is 3. The molecule has 1 unspecified atom stereocenters. The first-order valence-corrected chi connectivity index (χ1v) is 20.7. The van der Waals surface area contributed by atoms with Crippen LogP contribution in [0.15, 0.2) is 11.6 Å². The van der Waals surface area contributed by atoms with Gasteiger partial charge in [0.25, 0.3) is 0 Å². The van der Waals surface area contributed by atoms with Crippen LogP contribution in [0, 0.1) is 56.7 Å². The quantitative estimate of drug-likeness (QED) is 0.139. The molecule has 0 amide bonds. The second-order valence-electron chi connectivity index (χ2n) is 19.1. The van der Waals surface area contributed by atoms with Gasteiger partial charge in [0.15, 0.2) is 0 Å². The van der Waals surface area contributed by atoms with Crippen LogP contribution < -0.4 is 5.32 Å². The predicted molar refractivity (Wildman–Crippen MR) is 203 cm³/mol. The van der Waals surface area contributed by atoms with Crippen molar-refractivity contribution in [3.8, 4) is 0 Å². The molecular weight excluding hydrogens is 656 g/mol. The summed E-state index contributed by atoms with van der Waals surface area (Å²) in [7, 11) is 0. The lowest BCUT2D eigenvalue weighted by Crippen LogP contribution is -2.70. The Morgan fingerprint density at radius 1 is 1.00 bits per heavy atom. The second-order valence-corrected chi connectivity index (χ2v) is 19.1. The number of nitrogens with one attached hydrogen (secondary N) is 1. The molecule has 2 N–H and O–H groups in total. The van der Waals surface area contributed by atoms with Gasteiger partial charge in [-0.3, -0.25) is 14.4 Å². The van der Waals surface area contributed by atoms with Crippen LogP contribution in [0.25, 0.3) is 0 Å². The van der Waals surface area contributed by atoms with Crippen molar-refractivity contribution in [2.24, 2.45) is 56.7 Å². The molecule has 0 aromatic carbocycles. The Morgan fingerprint density at radius 2 is 1.69 bits per heavy atom. The number of aliphatic carboxylic acids is 1. The van der Waals surface area contributed by atoms with E-state index < -0.39 is 34.9 Å². The molecule has 0 radical (unpaired) electrons. The van der Waals surface area contributed by atoms with E-state index in [1.165, 1.54) is 12.5 Å². The number of carbonyl (C=O) groups excluding carboxylic acids is 2. The molecule has 1 heterocycles. The van der Waals surface area contributed by atoms with E-state index in [1.54, 1.807) is 0 Å². The van der Waals surface area contributed by atoms with E-state index >= 15 is 0 Å². The summed E-state index contributed by atoms with van der Waals surface area (Å²) in [5.74, 6) is -0.758. The number of hydrogen-bond acceptors (Lipinski definition) is 8. The summed E-state index contributed by atoms with van der Waals surface area (Å²) in [6.07, 6.45) is 8.24. The van der Waals surface area contributed by atoms with Crippen molar-refractivity contribution in [3.63, 3.8) is 0 Å². The van der Waals surface area contributed by atoms with Gasteiger partial charge in [-0.15, -0.1) is 0 Å². The van der Waals surface area contributed by atoms with Crippen molar-refractivity contribution in [1.82, 2.24) is 10.2 Å². The molecular formula is C43H72N2O7. The van der Waals surface area contributed by atoms with Crippen LogP contribution in [-0.2, 0) is 28.6 Å². The van der Waals surface area contributed by atoms with Crippen LogP contribution in [0.1, 0.15) is 128 Å². The lowest BCUT2D eigenvalue weighted by molar-refractivity contribution is -0.262. The zero-order valence-corrected chi connectivity index (χ0v) is 34.4. The third-order valence-corrected chi connectivity index (χ3v) is 16.2. The van der Waals surface area contributed by atoms with Crippen molar-refractivity contribution < 1.29 is 33.7 Å². The first kappa shape index (κ1) is 41.2. The lowest BCUT2D eigenvalue weighted by Gasteiger charge is -2.71. The maximum Gasteiger partial charge on any atom is 0.320 e. The molecule has 52 heavy (non-hydrogen) atoms. The normalized spacial score (nSPS) is 40.9. The largest absolute Gasteiger partial charge is 0.481 e. The number of ether oxygens (including phenoxy) is 3. The van der Waals surface area contributed by atoms with Crippen molar-refractivity contribution in [2.75, 3.05) is 39.4 Å². The molecule has 9 heteroatoms. The number of nitrogens with zero attached hydrogens (tertiary/aromatic N) is 1. The molecule has 5 rings (SSSR count). The number of hydrogen-bond donors (Lipinski definition) is 2. The molecule has 0 spiro atoms.